The number of hydrogen-bond donors (Lipinski definition) is 10. The van der Waals surface area contributed by atoms with Crippen LogP contribution in [0.25, 0.3) is 11.1 Å². The summed E-state index contributed by atoms with van der Waals surface area (Å²) in [5.41, 5.74) is 26.9. The minimum Gasteiger partial charge on any atom is -0.403 e. The molecule has 6 rings (SSSR count). The van der Waals surface area contributed by atoms with Crippen LogP contribution in [0.15, 0.2) is 48.5 Å². The van der Waals surface area contributed by atoms with Crippen LogP contribution >= 0.6 is 0 Å². The second-order valence-electron chi connectivity index (χ2n) is 17.4. The highest BCUT2D eigenvalue weighted by Gasteiger charge is 2.62. The highest BCUT2D eigenvalue weighted by molar-refractivity contribution is 6.47. The van der Waals surface area contributed by atoms with E-state index in [0.717, 1.165) is 43.2 Å². The SMILES string of the molecule is CCCCc1ccc(-c2ccc(C(=O)N[C@@H](CCCCN)C(=O)N[C@H](C(=O)N[C@@H](N)C(=O)N[C@@H](CC(N)=O)C(=O)N[C@@H](N)B3OC4C[C@@H]5C[C@H](C4O3)C5(C)C)[C@@H](C)O)cc2)cc1. The van der Waals surface area contributed by atoms with Crippen molar-refractivity contribution in [3.05, 3.63) is 59.7 Å². The van der Waals surface area contributed by atoms with Gasteiger partial charge in [0, 0.05) is 5.56 Å². The van der Waals surface area contributed by atoms with E-state index in [1.54, 1.807) is 12.1 Å². The topological polar surface area (TPSA) is 305 Å². The second kappa shape index (κ2) is 21.4. The Balaban J connectivity index is 1.16. The summed E-state index contributed by atoms with van der Waals surface area (Å²) in [6.45, 7) is 8.14. The predicted octanol–water partition coefficient (Wildman–Crippen LogP) is -0.171. The summed E-state index contributed by atoms with van der Waals surface area (Å²) in [5, 5.41) is 22.8. The Hall–Kier alpha value is -4.92. The van der Waals surface area contributed by atoms with Crippen molar-refractivity contribution in [2.24, 2.45) is 40.2 Å². The van der Waals surface area contributed by atoms with Gasteiger partial charge in [0.2, 0.25) is 23.6 Å². The number of nitrogens with one attached hydrogen (secondary N) is 5. The molecule has 3 aliphatic carbocycles. The van der Waals surface area contributed by atoms with Gasteiger partial charge in [0.15, 0.2) is 6.17 Å². The Morgan fingerprint density at radius 3 is 2.05 bits per heavy atom. The third kappa shape index (κ3) is 12.0. The monoisotopic (exact) mass is 861 g/mol. The van der Waals surface area contributed by atoms with E-state index in [4.69, 9.17) is 32.2 Å². The van der Waals surface area contributed by atoms with E-state index >= 15 is 0 Å². The van der Waals surface area contributed by atoms with Crippen molar-refractivity contribution in [3.63, 3.8) is 0 Å². The lowest BCUT2D eigenvalue weighted by molar-refractivity contribution is -0.150. The first-order valence-electron chi connectivity index (χ1n) is 21.6. The predicted molar refractivity (Wildman–Crippen MR) is 232 cm³/mol. The average molecular weight is 862 g/mol. The van der Waals surface area contributed by atoms with Gasteiger partial charge >= 0.3 is 7.12 Å². The van der Waals surface area contributed by atoms with Crippen LogP contribution < -0.4 is 49.5 Å². The van der Waals surface area contributed by atoms with Gasteiger partial charge in [0.1, 0.15) is 24.2 Å². The molecule has 0 spiro atoms. The fourth-order valence-electron chi connectivity index (χ4n) is 8.57. The summed E-state index contributed by atoms with van der Waals surface area (Å²) in [7, 11) is -0.966. The van der Waals surface area contributed by atoms with Gasteiger partial charge in [0.05, 0.1) is 24.7 Å². The number of hydrogen-bond acceptors (Lipinski definition) is 12. The molecule has 10 atom stereocenters. The maximum Gasteiger partial charge on any atom is 0.496 e. The molecule has 4 fully saturated rings. The standard InChI is InChI=1S/C43H64BN9O9/c1-5-6-9-24-11-13-25(14-12-24)26-15-17-27(18-16-26)37(56)49-30(10-7-8-19-45)38(57)51-34(23(2)54)40(59)52-36(47)41(60)50-31(22-33(46)55)39(58)53-42(48)44-61-32-21-28-20-29(35(32)62-44)43(28,3)4/h11-18,23,28-32,34-36,42,54H,5-10,19-22,45,47-48H2,1-4H3,(H2,46,55)(H,49,56)(H,50,60)(H,51,57)(H,52,59)(H,53,58)/t23-,28+,29-,30+,31+,32?,34+,35?,36-,42-/m1/s1. The molecule has 1 aliphatic heterocycles. The van der Waals surface area contributed by atoms with Crippen LogP contribution in [0.3, 0.4) is 0 Å². The molecule has 62 heavy (non-hydrogen) atoms. The van der Waals surface area contributed by atoms with Crippen LogP contribution in [-0.2, 0) is 39.7 Å². The summed E-state index contributed by atoms with van der Waals surface area (Å²) in [5.74, 6) is -4.46. The van der Waals surface area contributed by atoms with E-state index in [0.29, 0.717) is 36.8 Å². The van der Waals surface area contributed by atoms with E-state index in [2.05, 4.69) is 59.5 Å². The third-order valence-corrected chi connectivity index (χ3v) is 12.5. The van der Waals surface area contributed by atoms with Crippen LogP contribution in [-0.4, -0.2) is 103 Å². The Bertz CT molecular complexity index is 1900. The van der Waals surface area contributed by atoms with Gasteiger partial charge < -0.3 is 63.9 Å². The number of amides is 6. The summed E-state index contributed by atoms with van der Waals surface area (Å²) in [6.07, 6.45) is 1.98. The van der Waals surface area contributed by atoms with Gasteiger partial charge in [-0.3, -0.25) is 28.8 Å². The summed E-state index contributed by atoms with van der Waals surface area (Å²) < 4.78 is 12.2. The lowest BCUT2D eigenvalue weighted by Gasteiger charge is -2.60. The van der Waals surface area contributed by atoms with Crippen molar-refractivity contribution in [3.8, 4) is 11.1 Å². The second-order valence-corrected chi connectivity index (χ2v) is 17.4. The fraction of sp³-hybridized carbons (Fsp3) is 0.581. The maximum absolute atomic E-state index is 13.6. The molecule has 2 aromatic rings. The Kier molecular flexibility index (Phi) is 16.6. The van der Waals surface area contributed by atoms with Crippen LogP contribution in [0, 0.1) is 17.3 Å². The summed E-state index contributed by atoms with van der Waals surface area (Å²) in [6, 6.07) is 9.74. The molecular weight excluding hydrogens is 797 g/mol. The molecule has 6 amide bonds. The molecule has 19 heteroatoms. The number of aryl methyl sites for hydroxylation is 1. The quantitative estimate of drug-likeness (QED) is 0.0420. The Morgan fingerprint density at radius 2 is 1.45 bits per heavy atom. The molecule has 3 saturated carbocycles. The molecule has 14 N–H and O–H groups in total. The molecule has 1 heterocycles. The first-order chi connectivity index (χ1) is 29.4. The van der Waals surface area contributed by atoms with Crippen LogP contribution in [0.2, 0.25) is 0 Å². The van der Waals surface area contributed by atoms with Crippen molar-refractivity contribution in [2.75, 3.05) is 6.54 Å². The van der Waals surface area contributed by atoms with Crippen molar-refractivity contribution in [1.29, 1.82) is 0 Å². The van der Waals surface area contributed by atoms with Gasteiger partial charge in [-0.25, -0.2) is 0 Å². The summed E-state index contributed by atoms with van der Waals surface area (Å²) >= 11 is 0. The molecule has 2 aromatic carbocycles. The molecule has 2 bridgehead atoms. The van der Waals surface area contributed by atoms with Crippen molar-refractivity contribution < 1.29 is 43.2 Å². The minimum atomic E-state index is -1.82. The largest absolute Gasteiger partial charge is 0.496 e. The van der Waals surface area contributed by atoms with Crippen LogP contribution in [0.5, 0.6) is 0 Å². The molecule has 1 saturated heterocycles. The zero-order valence-electron chi connectivity index (χ0n) is 36.1. The van der Waals surface area contributed by atoms with Crippen LogP contribution in [0.4, 0.5) is 0 Å². The molecule has 2 unspecified atom stereocenters. The molecule has 338 valence electrons. The Labute approximate surface area is 363 Å². The number of carbonyl (C=O) groups is 6. The zero-order chi connectivity index (χ0) is 45.3. The highest BCUT2D eigenvalue weighted by atomic mass is 16.7. The minimum absolute atomic E-state index is 0.110. The zero-order valence-corrected chi connectivity index (χ0v) is 36.1. The lowest BCUT2D eigenvalue weighted by atomic mass is 9.47. The molecule has 0 aromatic heterocycles. The number of nitrogens with two attached hydrogens (primary N) is 4. The number of primary amides is 1. The third-order valence-electron chi connectivity index (χ3n) is 12.5. The van der Waals surface area contributed by atoms with Gasteiger partial charge in [-0.05, 0) is 104 Å². The van der Waals surface area contributed by atoms with Gasteiger partial charge in [-0.15, -0.1) is 0 Å². The Morgan fingerprint density at radius 1 is 0.806 bits per heavy atom. The normalized spacial score (nSPS) is 22.6. The highest BCUT2D eigenvalue weighted by Crippen LogP contribution is 2.61. The first-order valence-corrected chi connectivity index (χ1v) is 21.6. The molecule has 4 aliphatic rings. The molecular formula is C43H64BN9O9. The van der Waals surface area contributed by atoms with Crippen LogP contribution in [0.1, 0.15) is 95.0 Å². The maximum atomic E-state index is 13.6. The number of unbranched alkanes of at least 4 members (excludes halogenated alkanes) is 2. The number of aliphatic hydroxyl groups excluding tert-OH is 1. The van der Waals surface area contributed by atoms with Crippen molar-refractivity contribution >= 4 is 42.6 Å². The number of rotatable bonds is 22. The van der Waals surface area contributed by atoms with E-state index in [9.17, 15) is 33.9 Å². The number of benzene rings is 2. The summed E-state index contributed by atoms with van der Waals surface area (Å²) in [4.78, 5) is 78.8. The van der Waals surface area contributed by atoms with E-state index < -0.39 is 85.4 Å². The number of carbonyl (C=O) groups excluding carboxylic acids is 6. The molecule has 0 radical (unpaired) electrons. The van der Waals surface area contributed by atoms with Crippen molar-refractivity contribution in [2.45, 2.75) is 134 Å². The lowest BCUT2D eigenvalue weighted by Crippen LogP contribution is -2.63. The van der Waals surface area contributed by atoms with Gasteiger partial charge in [0.25, 0.3) is 11.8 Å². The fourth-order valence-corrected chi connectivity index (χ4v) is 8.57. The first kappa shape index (κ1) is 48.1. The van der Waals surface area contributed by atoms with Gasteiger partial charge in [-0.1, -0.05) is 63.6 Å². The van der Waals surface area contributed by atoms with Crippen molar-refractivity contribution in [1.82, 2.24) is 26.6 Å². The molecule has 18 nitrogen and oxygen atoms in total. The smallest absolute Gasteiger partial charge is 0.403 e. The van der Waals surface area contributed by atoms with E-state index in [1.807, 2.05) is 24.3 Å². The van der Waals surface area contributed by atoms with E-state index in [1.165, 1.54) is 12.5 Å². The van der Waals surface area contributed by atoms with Gasteiger partial charge in [-0.2, -0.15) is 0 Å². The average Bonchev–Trinajstić information content (AvgIpc) is 3.69. The van der Waals surface area contributed by atoms with E-state index in [-0.39, 0.29) is 24.0 Å². The number of aliphatic hydroxyl groups is 1.